The van der Waals surface area contributed by atoms with Crippen molar-refractivity contribution in [2.75, 3.05) is 41.4 Å². The summed E-state index contributed by atoms with van der Waals surface area (Å²) in [5, 5.41) is 11.0. The number of rotatable bonds is 8. The molecular formula is C24H28N2O5. The van der Waals surface area contributed by atoms with Crippen LogP contribution in [0.4, 0.5) is 0 Å². The summed E-state index contributed by atoms with van der Waals surface area (Å²) in [5.74, 6) is -0.457. The van der Waals surface area contributed by atoms with Crippen molar-refractivity contribution in [2.45, 2.75) is 12.5 Å². The smallest absolute Gasteiger partial charge is 0.295 e. The number of carbonyl (C=O) groups is 2. The molecule has 1 fully saturated rings. The number of methoxy groups -OCH3 is 2. The summed E-state index contributed by atoms with van der Waals surface area (Å²) in [6, 6.07) is 13.2. The molecule has 7 nitrogen and oxygen atoms in total. The fraction of sp³-hybridized carbons (Fsp3) is 0.333. The van der Waals surface area contributed by atoms with E-state index < -0.39 is 17.7 Å². The van der Waals surface area contributed by atoms with Crippen LogP contribution in [0.2, 0.25) is 0 Å². The molecule has 1 heterocycles. The van der Waals surface area contributed by atoms with Gasteiger partial charge in [0, 0.05) is 23.7 Å². The van der Waals surface area contributed by atoms with E-state index in [0.717, 1.165) is 6.54 Å². The van der Waals surface area contributed by atoms with Crippen LogP contribution in [0.1, 0.15) is 23.6 Å². The normalized spacial score (nSPS) is 18.0. The molecule has 1 saturated heterocycles. The van der Waals surface area contributed by atoms with Crippen molar-refractivity contribution in [2.24, 2.45) is 0 Å². The first-order valence-corrected chi connectivity index (χ1v) is 10.1. The van der Waals surface area contributed by atoms with Gasteiger partial charge in [-0.05, 0) is 39.2 Å². The van der Waals surface area contributed by atoms with Crippen molar-refractivity contribution in [3.05, 3.63) is 65.2 Å². The van der Waals surface area contributed by atoms with Gasteiger partial charge in [-0.15, -0.1) is 0 Å². The molecule has 7 heteroatoms. The van der Waals surface area contributed by atoms with Gasteiger partial charge in [-0.1, -0.05) is 30.3 Å². The number of ketones is 1. The molecule has 0 saturated carbocycles. The molecule has 1 amide bonds. The number of aliphatic hydroxyl groups excluding tert-OH is 1. The number of amides is 1. The molecule has 0 aromatic heterocycles. The van der Waals surface area contributed by atoms with E-state index in [1.54, 1.807) is 49.6 Å². The number of carbonyl (C=O) groups excluding carboxylic acids is 2. The van der Waals surface area contributed by atoms with Gasteiger partial charge in [0.05, 0.1) is 25.8 Å². The number of ether oxygens (including phenoxy) is 2. The maximum absolute atomic E-state index is 13.0. The molecule has 1 N–H and O–H groups in total. The Morgan fingerprint density at radius 1 is 1.06 bits per heavy atom. The Kier molecular flexibility index (Phi) is 6.97. The first-order valence-electron chi connectivity index (χ1n) is 10.1. The Balaban J connectivity index is 2.15. The zero-order valence-electron chi connectivity index (χ0n) is 18.3. The van der Waals surface area contributed by atoms with E-state index in [-0.39, 0.29) is 11.3 Å². The Hall–Kier alpha value is -3.32. The Labute approximate surface area is 182 Å². The minimum atomic E-state index is -0.761. The predicted molar refractivity (Wildman–Crippen MR) is 118 cm³/mol. The van der Waals surface area contributed by atoms with Gasteiger partial charge in [-0.25, -0.2) is 0 Å². The van der Waals surface area contributed by atoms with Crippen molar-refractivity contribution in [3.8, 4) is 11.5 Å². The van der Waals surface area contributed by atoms with E-state index in [1.807, 2.05) is 25.1 Å². The van der Waals surface area contributed by atoms with Crippen molar-refractivity contribution >= 4 is 17.4 Å². The molecule has 1 aliphatic heterocycles. The number of likely N-dealkylation sites (tertiary alicyclic amines) is 1. The molecule has 0 bridgehead atoms. The van der Waals surface area contributed by atoms with Gasteiger partial charge in [-0.3, -0.25) is 9.59 Å². The SMILES string of the molecule is COc1ccc([C@H]2/C(=C(\O)c3ccccc3)C(=O)C(=O)N2CCCN(C)C)c(OC)c1. The monoisotopic (exact) mass is 424 g/mol. The molecule has 1 atom stereocenters. The van der Waals surface area contributed by atoms with Crippen LogP contribution >= 0.6 is 0 Å². The quantitative estimate of drug-likeness (QED) is 0.399. The van der Waals surface area contributed by atoms with E-state index in [1.165, 1.54) is 12.0 Å². The zero-order chi connectivity index (χ0) is 22.5. The average Bonchev–Trinajstić information content (AvgIpc) is 3.03. The van der Waals surface area contributed by atoms with E-state index in [0.29, 0.717) is 35.6 Å². The topological polar surface area (TPSA) is 79.3 Å². The molecule has 2 aromatic rings. The molecular weight excluding hydrogens is 396 g/mol. The standard InChI is InChI=1S/C24H28N2O5/c1-25(2)13-8-14-26-21(18-12-11-17(30-3)15-19(18)31-4)20(23(28)24(26)29)22(27)16-9-6-5-7-10-16/h5-7,9-12,15,21,27H,8,13-14H2,1-4H3/b22-20+/t21-/m0/s1. The Morgan fingerprint density at radius 2 is 1.77 bits per heavy atom. The van der Waals surface area contributed by atoms with Crippen molar-refractivity contribution < 1.29 is 24.2 Å². The van der Waals surface area contributed by atoms with E-state index >= 15 is 0 Å². The number of nitrogens with zero attached hydrogens (tertiary/aromatic N) is 2. The fourth-order valence-corrected chi connectivity index (χ4v) is 3.79. The summed E-state index contributed by atoms with van der Waals surface area (Å²) >= 11 is 0. The third-order valence-electron chi connectivity index (χ3n) is 5.33. The van der Waals surface area contributed by atoms with Crippen LogP contribution in [0, 0.1) is 0 Å². The number of aliphatic hydroxyl groups is 1. The summed E-state index contributed by atoms with van der Waals surface area (Å²) in [6.07, 6.45) is 0.681. The van der Waals surface area contributed by atoms with Crippen molar-refractivity contribution in [1.29, 1.82) is 0 Å². The Morgan fingerprint density at radius 3 is 2.39 bits per heavy atom. The molecule has 0 unspecified atom stereocenters. The maximum atomic E-state index is 13.0. The number of Topliss-reactive ketones (excluding diaryl/α,β-unsaturated/α-hetero) is 1. The predicted octanol–water partition coefficient (Wildman–Crippen LogP) is 3.08. The average molecular weight is 424 g/mol. The molecule has 2 aromatic carbocycles. The molecule has 3 rings (SSSR count). The number of hydrogen-bond donors (Lipinski definition) is 1. The summed E-state index contributed by atoms with van der Waals surface area (Å²) in [6.45, 7) is 1.13. The van der Waals surface area contributed by atoms with E-state index in [2.05, 4.69) is 0 Å². The maximum Gasteiger partial charge on any atom is 0.295 e. The summed E-state index contributed by atoms with van der Waals surface area (Å²) in [7, 11) is 6.98. The number of benzene rings is 2. The third-order valence-corrected chi connectivity index (χ3v) is 5.33. The first-order chi connectivity index (χ1) is 14.9. The minimum Gasteiger partial charge on any atom is -0.507 e. The second kappa shape index (κ2) is 9.66. The fourth-order valence-electron chi connectivity index (χ4n) is 3.79. The second-order valence-electron chi connectivity index (χ2n) is 7.62. The van der Waals surface area contributed by atoms with E-state index in [9.17, 15) is 14.7 Å². The lowest BCUT2D eigenvalue weighted by Gasteiger charge is -2.27. The van der Waals surface area contributed by atoms with Gasteiger partial charge in [-0.2, -0.15) is 0 Å². The molecule has 1 aliphatic rings. The molecule has 164 valence electrons. The van der Waals surface area contributed by atoms with Crippen LogP contribution in [0.15, 0.2) is 54.1 Å². The highest BCUT2D eigenvalue weighted by Crippen LogP contribution is 2.43. The van der Waals surface area contributed by atoms with Crippen LogP contribution in [0.3, 0.4) is 0 Å². The lowest BCUT2D eigenvalue weighted by Crippen LogP contribution is -2.32. The second-order valence-corrected chi connectivity index (χ2v) is 7.62. The highest BCUT2D eigenvalue weighted by molar-refractivity contribution is 6.46. The van der Waals surface area contributed by atoms with Crippen LogP contribution in [0.25, 0.3) is 5.76 Å². The highest BCUT2D eigenvalue weighted by atomic mass is 16.5. The third kappa shape index (κ3) is 4.56. The van der Waals surface area contributed by atoms with Crippen molar-refractivity contribution in [1.82, 2.24) is 9.80 Å². The van der Waals surface area contributed by atoms with Gasteiger partial charge >= 0.3 is 0 Å². The first kappa shape index (κ1) is 22.4. The molecule has 0 radical (unpaired) electrons. The van der Waals surface area contributed by atoms with Crippen LogP contribution in [-0.4, -0.2) is 68.0 Å². The van der Waals surface area contributed by atoms with Crippen LogP contribution in [0.5, 0.6) is 11.5 Å². The highest BCUT2D eigenvalue weighted by Gasteiger charge is 2.46. The largest absolute Gasteiger partial charge is 0.507 e. The van der Waals surface area contributed by atoms with E-state index in [4.69, 9.17) is 9.47 Å². The van der Waals surface area contributed by atoms with Gasteiger partial charge < -0.3 is 24.4 Å². The summed E-state index contributed by atoms with van der Waals surface area (Å²) in [4.78, 5) is 29.6. The van der Waals surface area contributed by atoms with Gasteiger partial charge in [0.25, 0.3) is 11.7 Å². The van der Waals surface area contributed by atoms with Gasteiger partial charge in [0.1, 0.15) is 17.3 Å². The van der Waals surface area contributed by atoms with Crippen LogP contribution in [-0.2, 0) is 9.59 Å². The van der Waals surface area contributed by atoms with Crippen molar-refractivity contribution in [3.63, 3.8) is 0 Å². The lowest BCUT2D eigenvalue weighted by molar-refractivity contribution is -0.140. The minimum absolute atomic E-state index is 0.0597. The molecule has 31 heavy (non-hydrogen) atoms. The Bertz CT molecular complexity index is 985. The summed E-state index contributed by atoms with van der Waals surface area (Å²) in [5.41, 5.74) is 1.15. The van der Waals surface area contributed by atoms with Crippen LogP contribution < -0.4 is 9.47 Å². The summed E-state index contributed by atoms with van der Waals surface area (Å²) < 4.78 is 10.8. The van der Waals surface area contributed by atoms with Gasteiger partial charge in [0.15, 0.2) is 0 Å². The zero-order valence-corrected chi connectivity index (χ0v) is 18.3. The molecule has 0 aliphatic carbocycles. The molecule has 0 spiro atoms. The number of hydrogen-bond acceptors (Lipinski definition) is 6. The lowest BCUT2D eigenvalue weighted by atomic mass is 9.94. The van der Waals surface area contributed by atoms with Gasteiger partial charge in [0.2, 0.25) is 0 Å².